The van der Waals surface area contributed by atoms with Crippen LogP contribution in [0.25, 0.3) is 0 Å². The summed E-state index contributed by atoms with van der Waals surface area (Å²) in [5.41, 5.74) is 0. The van der Waals surface area contributed by atoms with Gasteiger partial charge in [-0.25, -0.2) is 0 Å². The number of rotatable bonds is 6. The van der Waals surface area contributed by atoms with E-state index in [-0.39, 0.29) is 11.8 Å². The first-order chi connectivity index (χ1) is 9.15. The van der Waals surface area contributed by atoms with E-state index in [4.69, 9.17) is 4.42 Å². The van der Waals surface area contributed by atoms with Crippen LogP contribution in [0.1, 0.15) is 18.4 Å². The molecule has 0 spiro atoms. The van der Waals surface area contributed by atoms with Crippen molar-refractivity contribution in [1.29, 1.82) is 0 Å². The second kappa shape index (κ2) is 6.22. The molecule has 0 fully saturated rings. The third-order valence-corrected chi connectivity index (χ3v) is 2.93. The van der Waals surface area contributed by atoms with Crippen molar-refractivity contribution in [1.82, 2.24) is 15.1 Å². The van der Waals surface area contributed by atoms with E-state index < -0.39 is 0 Å². The molecule has 0 saturated heterocycles. The molecule has 2 rings (SSSR count). The van der Waals surface area contributed by atoms with Gasteiger partial charge in [0.15, 0.2) is 0 Å². The molecule has 2 aromatic rings. The molecule has 1 unspecified atom stereocenters. The van der Waals surface area contributed by atoms with E-state index in [1.165, 1.54) is 0 Å². The van der Waals surface area contributed by atoms with Gasteiger partial charge in [-0.2, -0.15) is 5.10 Å². The summed E-state index contributed by atoms with van der Waals surface area (Å²) in [6.07, 6.45) is 4.29. The van der Waals surface area contributed by atoms with Gasteiger partial charge < -0.3 is 9.73 Å². The highest BCUT2D eigenvalue weighted by Gasteiger charge is 2.13. The van der Waals surface area contributed by atoms with Crippen LogP contribution in [0, 0.1) is 12.8 Å². The molecule has 1 atom stereocenters. The van der Waals surface area contributed by atoms with Gasteiger partial charge in [-0.05, 0) is 25.1 Å². The third kappa shape index (κ3) is 3.98. The Morgan fingerprint density at radius 1 is 1.53 bits per heavy atom. The summed E-state index contributed by atoms with van der Waals surface area (Å²) >= 11 is 0. The van der Waals surface area contributed by atoms with Crippen LogP contribution in [0.5, 0.6) is 0 Å². The first-order valence-electron chi connectivity index (χ1n) is 6.45. The maximum absolute atomic E-state index is 11.9. The molecule has 2 heterocycles. The Labute approximate surface area is 112 Å². The second-order valence-corrected chi connectivity index (χ2v) is 4.68. The van der Waals surface area contributed by atoms with Crippen molar-refractivity contribution in [3.8, 4) is 0 Å². The number of nitrogens with one attached hydrogen (secondary N) is 1. The van der Waals surface area contributed by atoms with Crippen LogP contribution < -0.4 is 5.32 Å². The number of aryl methyl sites for hydroxylation is 1. The van der Waals surface area contributed by atoms with Gasteiger partial charge in [0.25, 0.3) is 0 Å². The van der Waals surface area contributed by atoms with Crippen LogP contribution in [0.2, 0.25) is 0 Å². The van der Waals surface area contributed by atoms with Crippen molar-refractivity contribution in [2.24, 2.45) is 5.92 Å². The molecule has 0 aliphatic carbocycles. The van der Waals surface area contributed by atoms with Crippen molar-refractivity contribution in [3.05, 3.63) is 42.1 Å². The van der Waals surface area contributed by atoms with E-state index >= 15 is 0 Å². The molecular weight excluding hydrogens is 242 g/mol. The van der Waals surface area contributed by atoms with Crippen LogP contribution in [-0.2, 0) is 17.8 Å². The minimum Gasteiger partial charge on any atom is -0.466 e. The third-order valence-electron chi connectivity index (χ3n) is 2.93. The van der Waals surface area contributed by atoms with E-state index in [1.54, 1.807) is 10.9 Å². The zero-order valence-corrected chi connectivity index (χ0v) is 11.3. The lowest BCUT2D eigenvalue weighted by atomic mass is 10.1. The standard InChI is InChI=1S/C14H19N3O2/c1-11(10-17-9-3-7-16-17)14(18)15-8-6-13-5-4-12(2)19-13/h3-5,7,9,11H,6,8,10H2,1-2H3,(H,15,18). The molecule has 5 heteroatoms. The SMILES string of the molecule is Cc1ccc(CCNC(=O)C(C)Cn2cccn2)o1. The summed E-state index contributed by atoms with van der Waals surface area (Å²) in [4.78, 5) is 11.9. The highest BCUT2D eigenvalue weighted by molar-refractivity contribution is 5.78. The largest absolute Gasteiger partial charge is 0.466 e. The van der Waals surface area contributed by atoms with Crippen LogP contribution >= 0.6 is 0 Å². The Morgan fingerprint density at radius 2 is 2.37 bits per heavy atom. The fourth-order valence-corrected chi connectivity index (χ4v) is 1.87. The van der Waals surface area contributed by atoms with Gasteiger partial charge in [-0.1, -0.05) is 6.92 Å². The molecule has 1 amide bonds. The first-order valence-corrected chi connectivity index (χ1v) is 6.45. The minimum atomic E-state index is -0.0989. The van der Waals surface area contributed by atoms with Gasteiger partial charge in [0.05, 0.1) is 12.5 Å². The average molecular weight is 261 g/mol. The molecule has 5 nitrogen and oxygen atoms in total. The molecule has 0 saturated carbocycles. The Kier molecular flexibility index (Phi) is 4.39. The smallest absolute Gasteiger partial charge is 0.224 e. The lowest BCUT2D eigenvalue weighted by Gasteiger charge is -2.11. The summed E-state index contributed by atoms with van der Waals surface area (Å²) in [6.45, 7) is 5.00. The Morgan fingerprint density at radius 3 is 3.00 bits per heavy atom. The molecule has 0 radical (unpaired) electrons. The zero-order valence-electron chi connectivity index (χ0n) is 11.3. The molecule has 0 aliphatic rings. The van der Waals surface area contributed by atoms with Crippen molar-refractivity contribution in [2.75, 3.05) is 6.54 Å². The summed E-state index contributed by atoms with van der Waals surface area (Å²) in [5.74, 6) is 1.74. The predicted octanol–water partition coefficient (Wildman–Crippen LogP) is 1.78. The Hall–Kier alpha value is -2.04. The zero-order chi connectivity index (χ0) is 13.7. The van der Waals surface area contributed by atoms with E-state index in [0.717, 1.165) is 11.5 Å². The lowest BCUT2D eigenvalue weighted by molar-refractivity contribution is -0.124. The van der Waals surface area contributed by atoms with Gasteiger partial charge in [0, 0.05) is 25.4 Å². The number of aromatic nitrogens is 2. The minimum absolute atomic E-state index is 0.0405. The van der Waals surface area contributed by atoms with Crippen molar-refractivity contribution < 1.29 is 9.21 Å². The first kappa shape index (κ1) is 13.4. The quantitative estimate of drug-likeness (QED) is 0.862. The lowest BCUT2D eigenvalue weighted by Crippen LogP contribution is -2.33. The number of carbonyl (C=O) groups is 1. The summed E-state index contributed by atoms with van der Waals surface area (Å²) < 4.78 is 7.21. The van der Waals surface area contributed by atoms with Gasteiger partial charge >= 0.3 is 0 Å². The fraction of sp³-hybridized carbons (Fsp3) is 0.429. The van der Waals surface area contributed by atoms with Crippen LogP contribution in [0.15, 0.2) is 35.0 Å². The van der Waals surface area contributed by atoms with Crippen molar-refractivity contribution in [2.45, 2.75) is 26.8 Å². The summed E-state index contributed by atoms with van der Waals surface area (Å²) in [5, 5.41) is 7.00. The summed E-state index contributed by atoms with van der Waals surface area (Å²) in [6, 6.07) is 5.72. The van der Waals surface area contributed by atoms with Gasteiger partial charge in [-0.3, -0.25) is 9.48 Å². The maximum atomic E-state index is 11.9. The highest BCUT2D eigenvalue weighted by Crippen LogP contribution is 2.06. The Balaban J connectivity index is 1.71. The van der Waals surface area contributed by atoms with Gasteiger partial charge in [-0.15, -0.1) is 0 Å². The molecule has 19 heavy (non-hydrogen) atoms. The van der Waals surface area contributed by atoms with Crippen molar-refractivity contribution >= 4 is 5.91 Å². The topological polar surface area (TPSA) is 60.1 Å². The van der Waals surface area contributed by atoms with E-state index in [2.05, 4.69) is 10.4 Å². The highest BCUT2D eigenvalue weighted by atomic mass is 16.3. The Bertz CT molecular complexity index is 517. The number of hydrogen-bond acceptors (Lipinski definition) is 3. The molecule has 0 aliphatic heterocycles. The van der Waals surface area contributed by atoms with E-state index in [1.807, 2.05) is 38.2 Å². The number of furan rings is 1. The normalized spacial score (nSPS) is 12.3. The predicted molar refractivity (Wildman–Crippen MR) is 71.5 cm³/mol. The number of hydrogen-bond donors (Lipinski definition) is 1. The number of carbonyl (C=O) groups excluding carboxylic acids is 1. The van der Waals surface area contributed by atoms with E-state index in [0.29, 0.717) is 19.5 Å². The monoisotopic (exact) mass is 261 g/mol. The van der Waals surface area contributed by atoms with Crippen LogP contribution in [0.4, 0.5) is 0 Å². The number of nitrogens with zero attached hydrogens (tertiary/aromatic N) is 2. The van der Waals surface area contributed by atoms with E-state index in [9.17, 15) is 4.79 Å². The van der Waals surface area contributed by atoms with Gasteiger partial charge in [0.1, 0.15) is 11.5 Å². The molecule has 102 valence electrons. The van der Waals surface area contributed by atoms with Crippen LogP contribution in [0.3, 0.4) is 0 Å². The molecule has 2 aromatic heterocycles. The van der Waals surface area contributed by atoms with Gasteiger partial charge in [0.2, 0.25) is 5.91 Å². The molecular formula is C14H19N3O2. The molecule has 1 N–H and O–H groups in total. The molecule has 0 bridgehead atoms. The van der Waals surface area contributed by atoms with Crippen LogP contribution in [-0.4, -0.2) is 22.2 Å². The van der Waals surface area contributed by atoms with Crippen molar-refractivity contribution in [3.63, 3.8) is 0 Å². The summed E-state index contributed by atoms with van der Waals surface area (Å²) in [7, 11) is 0. The molecule has 0 aromatic carbocycles. The second-order valence-electron chi connectivity index (χ2n) is 4.68. The number of amides is 1. The average Bonchev–Trinajstić information content (AvgIpc) is 3.01. The maximum Gasteiger partial charge on any atom is 0.224 e. The fourth-order valence-electron chi connectivity index (χ4n) is 1.87.